The largest absolute Gasteiger partial charge is 0.466 e. The van der Waals surface area contributed by atoms with E-state index in [4.69, 9.17) is 4.74 Å². The summed E-state index contributed by atoms with van der Waals surface area (Å²) in [4.78, 5) is 21.4. The molecule has 2 aromatic rings. The maximum Gasteiger partial charge on any atom is 0.306 e. The van der Waals surface area contributed by atoms with Crippen LogP contribution in [0.5, 0.6) is 11.5 Å². The van der Waals surface area contributed by atoms with Crippen molar-refractivity contribution in [2.45, 2.75) is 26.7 Å². The Balaban J connectivity index is 0.000000252. The lowest BCUT2D eigenvalue weighted by molar-refractivity contribution is -0.149. The zero-order valence-electron chi connectivity index (χ0n) is 14.6. The molecule has 0 aliphatic heterocycles. The number of benzene rings is 2. The summed E-state index contributed by atoms with van der Waals surface area (Å²) in [6.45, 7) is 4.15. The van der Waals surface area contributed by atoms with Gasteiger partial charge in [0.1, 0.15) is 11.5 Å². The Hall–Kier alpha value is -2.82. The molecule has 0 heterocycles. The number of carbonyl (C=O) groups excluding carboxylic acids is 2. The molecular formula is C20H24O5. The van der Waals surface area contributed by atoms with Gasteiger partial charge < -0.3 is 14.2 Å². The molecule has 0 aliphatic rings. The number of carbonyl (C=O) groups is 2. The molecule has 0 aliphatic carbocycles. The van der Waals surface area contributed by atoms with E-state index in [0.29, 0.717) is 13.2 Å². The van der Waals surface area contributed by atoms with Crippen LogP contribution in [-0.4, -0.2) is 25.2 Å². The average Bonchev–Trinajstić information content (AvgIpc) is 2.63. The molecule has 2 rings (SSSR count). The highest BCUT2D eigenvalue weighted by molar-refractivity contribution is 5.77. The second-order valence-corrected chi connectivity index (χ2v) is 4.84. The first-order valence-corrected chi connectivity index (χ1v) is 8.24. The highest BCUT2D eigenvalue weighted by atomic mass is 16.5. The second kappa shape index (κ2) is 12.6. The maximum atomic E-state index is 10.7. The molecular weight excluding hydrogens is 320 g/mol. The molecule has 5 heteroatoms. The molecule has 25 heavy (non-hydrogen) atoms. The topological polar surface area (TPSA) is 61.8 Å². The van der Waals surface area contributed by atoms with Crippen LogP contribution in [0.15, 0.2) is 60.7 Å². The minimum Gasteiger partial charge on any atom is -0.466 e. The van der Waals surface area contributed by atoms with Crippen molar-refractivity contribution in [1.29, 1.82) is 0 Å². The van der Waals surface area contributed by atoms with Crippen LogP contribution in [-0.2, 0) is 19.1 Å². The predicted molar refractivity (Wildman–Crippen MR) is 95.5 cm³/mol. The molecule has 0 atom stereocenters. The van der Waals surface area contributed by atoms with Gasteiger partial charge in [0.25, 0.3) is 0 Å². The zero-order chi connectivity index (χ0) is 18.3. The molecule has 0 N–H and O–H groups in total. The van der Waals surface area contributed by atoms with E-state index in [9.17, 15) is 9.59 Å². The fourth-order valence-corrected chi connectivity index (χ4v) is 1.78. The Bertz CT molecular complexity index is 555. The predicted octanol–water partition coefficient (Wildman–Crippen LogP) is 4.37. The Morgan fingerprint density at radius 1 is 0.680 bits per heavy atom. The molecule has 0 spiro atoms. The lowest BCUT2D eigenvalue weighted by atomic mass is 10.3. The van der Waals surface area contributed by atoms with Crippen LogP contribution >= 0.6 is 0 Å². The Morgan fingerprint density at radius 2 is 1.04 bits per heavy atom. The van der Waals surface area contributed by atoms with E-state index in [2.05, 4.69) is 9.47 Å². The van der Waals surface area contributed by atoms with E-state index in [0.717, 1.165) is 11.5 Å². The van der Waals surface area contributed by atoms with E-state index >= 15 is 0 Å². The molecule has 5 nitrogen and oxygen atoms in total. The first-order valence-electron chi connectivity index (χ1n) is 8.24. The van der Waals surface area contributed by atoms with Crippen LogP contribution in [0.25, 0.3) is 0 Å². The fraction of sp³-hybridized carbons (Fsp3) is 0.300. The molecule has 0 aromatic heterocycles. The molecule has 0 saturated carbocycles. The number of para-hydroxylation sites is 2. The van der Waals surface area contributed by atoms with E-state index in [-0.39, 0.29) is 24.8 Å². The van der Waals surface area contributed by atoms with Gasteiger partial charge in [-0.2, -0.15) is 0 Å². The van der Waals surface area contributed by atoms with Gasteiger partial charge in [-0.15, -0.1) is 0 Å². The van der Waals surface area contributed by atoms with Gasteiger partial charge >= 0.3 is 11.9 Å². The molecule has 0 fully saturated rings. The van der Waals surface area contributed by atoms with Crippen LogP contribution in [0.4, 0.5) is 0 Å². The van der Waals surface area contributed by atoms with E-state index in [1.54, 1.807) is 13.8 Å². The molecule has 2 aromatic carbocycles. The van der Waals surface area contributed by atoms with Gasteiger partial charge in [0.15, 0.2) is 0 Å². The van der Waals surface area contributed by atoms with E-state index < -0.39 is 0 Å². The Morgan fingerprint density at radius 3 is 1.36 bits per heavy atom. The smallest absolute Gasteiger partial charge is 0.306 e. The van der Waals surface area contributed by atoms with Gasteiger partial charge in [-0.3, -0.25) is 9.59 Å². The quantitative estimate of drug-likeness (QED) is 0.698. The van der Waals surface area contributed by atoms with Gasteiger partial charge in [-0.05, 0) is 38.1 Å². The lowest BCUT2D eigenvalue weighted by Crippen LogP contribution is -2.09. The zero-order valence-corrected chi connectivity index (χ0v) is 14.6. The van der Waals surface area contributed by atoms with Gasteiger partial charge in [-0.1, -0.05) is 36.4 Å². The third-order valence-corrected chi connectivity index (χ3v) is 2.87. The summed E-state index contributed by atoms with van der Waals surface area (Å²) < 4.78 is 14.8. The fourth-order valence-electron chi connectivity index (χ4n) is 1.78. The molecule has 0 unspecified atom stereocenters. The first kappa shape index (κ1) is 20.2. The third-order valence-electron chi connectivity index (χ3n) is 2.87. The third kappa shape index (κ3) is 9.81. The first-order chi connectivity index (χ1) is 12.2. The highest BCUT2D eigenvalue weighted by Gasteiger charge is 2.07. The summed E-state index contributed by atoms with van der Waals surface area (Å²) >= 11 is 0. The number of ether oxygens (including phenoxy) is 3. The number of esters is 2. The summed E-state index contributed by atoms with van der Waals surface area (Å²) in [5, 5.41) is 0. The Labute approximate surface area is 148 Å². The van der Waals surface area contributed by atoms with Gasteiger partial charge in [0.2, 0.25) is 0 Å². The van der Waals surface area contributed by atoms with Crippen LogP contribution in [0.3, 0.4) is 0 Å². The lowest BCUT2D eigenvalue weighted by Gasteiger charge is -2.03. The summed E-state index contributed by atoms with van der Waals surface area (Å²) in [5.74, 6) is 1.03. The SMILES string of the molecule is CCOC(=O)CCC(=O)OCC.c1ccc(Oc2ccccc2)cc1. The van der Waals surface area contributed by atoms with Gasteiger partial charge in [0, 0.05) is 0 Å². The van der Waals surface area contributed by atoms with E-state index in [1.165, 1.54) is 0 Å². The molecule has 0 bridgehead atoms. The minimum atomic E-state index is -0.356. The van der Waals surface area contributed by atoms with Crippen molar-refractivity contribution in [3.8, 4) is 11.5 Å². The summed E-state index contributed by atoms with van der Waals surface area (Å²) in [6, 6.07) is 19.5. The summed E-state index contributed by atoms with van der Waals surface area (Å²) in [6.07, 6.45) is 0.208. The van der Waals surface area contributed by atoms with Crippen LogP contribution in [0.2, 0.25) is 0 Å². The van der Waals surface area contributed by atoms with Crippen molar-refractivity contribution in [3.05, 3.63) is 60.7 Å². The monoisotopic (exact) mass is 344 g/mol. The van der Waals surface area contributed by atoms with Crippen LogP contribution in [0.1, 0.15) is 26.7 Å². The van der Waals surface area contributed by atoms with Crippen molar-refractivity contribution in [3.63, 3.8) is 0 Å². The van der Waals surface area contributed by atoms with Gasteiger partial charge in [-0.25, -0.2) is 0 Å². The second-order valence-electron chi connectivity index (χ2n) is 4.84. The van der Waals surface area contributed by atoms with Gasteiger partial charge in [0.05, 0.1) is 26.1 Å². The average molecular weight is 344 g/mol. The van der Waals surface area contributed by atoms with E-state index in [1.807, 2.05) is 60.7 Å². The molecule has 134 valence electrons. The van der Waals surface area contributed by atoms with Crippen molar-refractivity contribution in [1.82, 2.24) is 0 Å². The van der Waals surface area contributed by atoms with Crippen LogP contribution in [0, 0.1) is 0 Å². The van der Waals surface area contributed by atoms with Crippen molar-refractivity contribution in [2.75, 3.05) is 13.2 Å². The number of rotatable bonds is 7. The molecule has 0 amide bonds. The van der Waals surface area contributed by atoms with Crippen molar-refractivity contribution >= 4 is 11.9 Å². The Kier molecular flexibility index (Phi) is 10.2. The normalized spacial score (nSPS) is 9.36. The molecule has 0 radical (unpaired) electrons. The highest BCUT2D eigenvalue weighted by Crippen LogP contribution is 2.19. The number of hydrogen-bond acceptors (Lipinski definition) is 5. The maximum absolute atomic E-state index is 10.7. The summed E-state index contributed by atoms with van der Waals surface area (Å²) in [5.41, 5.74) is 0. The standard InChI is InChI=1S/C12H10O.C8H14O4/c1-3-7-11(8-4-1)13-12-9-5-2-6-10-12;1-3-11-7(9)5-6-8(10)12-4-2/h1-10H;3-6H2,1-2H3. The summed E-state index contributed by atoms with van der Waals surface area (Å²) in [7, 11) is 0. The van der Waals surface area contributed by atoms with Crippen molar-refractivity contribution in [2.24, 2.45) is 0 Å². The molecule has 0 saturated heterocycles. The van der Waals surface area contributed by atoms with Crippen molar-refractivity contribution < 1.29 is 23.8 Å². The van der Waals surface area contributed by atoms with Crippen LogP contribution < -0.4 is 4.74 Å². The minimum absolute atomic E-state index is 0.104. The number of hydrogen-bond donors (Lipinski definition) is 0.